The standard InChI is InChI=1S/C12H16N4O/c1-9(6-13)7-14-12(17)10-8-15-16-5-3-2-4-11(10)16/h2-5,8-9H,6-7,13H2,1H3,(H,14,17). The number of nitrogens with one attached hydrogen (secondary N) is 1. The van der Waals surface area contributed by atoms with Crippen molar-refractivity contribution < 1.29 is 4.79 Å². The molecule has 2 aromatic rings. The molecule has 0 aliphatic carbocycles. The summed E-state index contributed by atoms with van der Waals surface area (Å²) in [6.07, 6.45) is 3.40. The van der Waals surface area contributed by atoms with Crippen LogP contribution in [0.1, 0.15) is 17.3 Å². The van der Waals surface area contributed by atoms with Crippen LogP contribution in [0, 0.1) is 5.92 Å². The van der Waals surface area contributed by atoms with Gasteiger partial charge in [-0.25, -0.2) is 4.52 Å². The number of hydrogen-bond acceptors (Lipinski definition) is 3. The molecule has 5 nitrogen and oxygen atoms in total. The van der Waals surface area contributed by atoms with E-state index in [0.29, 0.717) is 18.7 Å². The zero-order valence-electron chi connectivity index (χ0n) is 9.76. The maximum atomic E-state index is 11.9. The van der Waals surface area contributed by atoms with Gasteiger partial charge >= 0.3 is 0 Å². The van der Waals surface area contributed by atoms with Gasteiger partial charge in [0.2, 0.25) is 0 Å². The Morgan fingerprint density at radius 3 is 3.18 bits per heavy atom. The van der Waals surface area contributed by atoms with E-state index in [9.17, 15) is 4.79 Å². The van der Waals surface area contributed by atoms with Crippen LogP contribution in [-0.4, -0.2) is 28.6 Å². The first-order chi connectivity index (χ1) is 8.22. The second-order valence-corrected chi connectivity index (χ2v) is 4.14. The first-order valence-corrected chi connectivity index (χ1v) is 5.63. The SMILES string of the molecule is CC(CN)CNC(=O)c1cnn2ccccc12. The lowest BCUT2D eigenvalue weighted by molar-refractivity contribution is 0.0950. The molecule has 1 atom stereocenters. The van der Waals surface area contributed by atoms with Gasteiger partial charge in [-0.1, -0.05) is 13.0 Å². The van der Waals surface area contributed by atoms with Crippen LogP contribution >= 0.6 is 0 Å². The Labute approximate surface area is 99.6 Å². The van der Waals surface area contributed by atoms with Gasteiger partial charge in [0.25, 0.3) is 5.91 Å². The molecule has 5 heteroatoms. The first kappa shape index (κ1) is 11.6. The van der Waals surface area contributed by atoms with Gasteiger partial charge in [-0.05, 0) is 24.6 Å². The van der Waals surface area contributed by atoms with E-state index in [4.69, 9.17) is 5.73 Å². The number of pyridine rings is 1. The number of carbonyl (C=O) groups is 1. The molecule has 0 saturated carbocycles. The topological polar surface area (TPSA) is 72.4 Å². The van der Waals surface area contributed by atoms with Crippen LogP contribution < -0.4 is 11.1 Å². The van der Waals surface area contributed by atoms with Crippen LogP contribution in [0.25, 0.3) is 5.52 Å². The molecule has 0 spiro atoms. The predicted molar refractivity (Wildman–Crippen MR) is 65.7 cm³/mol. The van der Waals surface area contributed by atoms with Crippen molar-refractivity contribution in [2.75, 3.05) is 13.1 Å². The third kappa shape index (κ3) is 2.45. The van der Waals surface area contributed by atoms with E-state index in [0.717, 1.165) is 5.52 Å². The fraction of sp³-hybridized carbons (Fsp3) is 0.333. The minimum atomic E-state index is -0.105. The van der Waals surface area contributed by atoms with Crippen molar-refractivity contribution in [3.05, 3.63) is 36.2 Å². The Morgan fingerprint density at radius 1 is 1.59 bits per heavy atom. The van der Waals surface area contributed by atoms with Gasteiger partial charge in [-0.15, -0.1) is 0 Å². The lowest BCUT2D eigenvalue weighted by Crippen LogP contribution is -2.31. The van der Waals surface area contributed by atoms with Crippen molar-refractivity contribution >= 4 is 11.4 Å². The summed E-state index contributed by atoms with van der Waals surface area (Å²) in [5, 5.41) is 6.97. The summed E-state index contributed by atoms with van der Waals surface area (Å²) in [6.45, 7) is 3.14. The zero-order chi connectivity index (χ0) is 12.3. The molecule has 3 N–H and O–H groups in total. The molecule has 0 bridgehead atoms. The minimum absolute atomic E-state index is 0.105. The molecule has 0 aromatic carbocycles. The van der Waals surface area contributed by atoms with Gasteiger partial charge in [0.1, 0.15) is 0 Å². The molecule has 2 heterocycles. The number of hydrogen-bond donors (Lipinski definition) is 2. The Balaban J connectivity index is 2.14. The number of carbonyl (C=O) groups excluding carboxylic acids is 1. The lowest BCUT2D eigenvalue weighted by Gasteiger charge is -2.09. The van der Waals surface area contributed by atoms with E-state index in [2.05, 4.69) is 10.4 Å². The second kappa shape index (κ2) is 4.97. The lowest BCUT2D eigenvalue weighted by atomic mass is 10.2. The van der Waals surface area contributed by atoms with Crippen LogP contribution in [0.2, 0.25) is 0 Å². The molecular formula is C12H16N4O. The number of aromatic nitrogens is 2. The largest absolute Gasteiger partial charge is 0.352 e. The quantitative estimate of drug-likeness (QED) is 0.813. The number of nitrogens with zero attached hydrogens (tertiary/aromatic N) is 2. The fourth-order valence-electron chi connectivity index (χ4n) is 1.55. The van der Waals surface area contributed by atoms with E-state index in [1.165, 1.54) is 0 Å². The molecule has 2 aromatic heterocycles. The Bertz CT molecular complexity index is 520. The normalized spacial score (nSPS) is 12.6. The predicted octanol–water partition coefficient (Wildman–Crippen LogP) is 0.659. The summed E-state index contributed by atoms with van der Waals surface area (Å²) < 4.78 is 1.68. The summed E-state index contributed by atoms with van der Waals surface area (Å²) in [5.41, 5.74) is 6.90. The van der Waals surface area contributed by atoms with Crippen LogP contribution in [0.4, 0.5) is 0 Å². The van der Waals surface area contributed by atoms with Gasteiger partial charge < -0.3 is 11.1 Å². The highest BCUT2D eigenvalue weighted by Gasteiger charge is 2.12. The first-order valence-electron chi connectivity index (χ1n) is 5.63. The summed E-state index contributed by atoms with van der Waals surface area (Å²) >= 11 is 0. The highest BCUT2D eigenvalue weighted by atomic mass is 16.1. The summed E-state index contributed by atoms with van der Waals surface area (Å²) in [5.74, 6) is 0.173. The van der Waals surface area contributed by atoms with E-state index in [1.54, 1.807) is 10.7 Å². The second-order valence-electron chi connectivity index (χ2n) is 4.14. The monoisotopic (exact) mass is 232 g/mol. The molecule has 90 valence electrons. The summed E-state index contributed by atoms with van der Waals surface area (Å²) in [4.78, 5) is 11.9. The van der Waals surface area contributed by atoms with Gasteiger partial charge in [0.15, 0.2) is 0 Å². The fourth-order valence-corrected chi connectivity index (χ4v) is 1.55. The van der Waals surface area contributed by atoms with Crippen molar-refractivity contribution in [3.8, 4) is 0 Å². The highest BCUT2D eigenvalue weighted by molar-refractivity contribution is 6.00. The Hall–Kier alpha value is -1.88. The van der Waals surface area contributed by atoms with Crippen molar-refractivity contribution in [1.29, 1.82) is 0 Å². The highest BCUT2D eigenvalue weighted by Crippen LogP contribution is 2.09. The third-order valence-electron chi connectivity index (χ3n) is 2.68. The molecule has 17 heavy (non-hydrogen) atoms. The Kier molecular flexibility index (Phi) is 3.39. The molecule has 0 aliphatic rings. The molecule has 2 rings (SSSR count). The van der Waals surface area contributed by atoms with E-state index in [1.807, 2.05) is 31.3 Å². The van der Waals surface area contributed by atoms with E-state index in [-0.39, 0.29) is 11.8 Å². The molecule has 1 amide bonds. The number of nitrogens with two attached hydrogens (primary N) is 1. The smallest absolute Gasteiger partial charge is 0.255 e. The van der Waals surface area contributed by atoms with Crippen LogP contribution in [0.15, 0.2) is 30.6 Å². The summed E-state index contributed by atoms with van der Waals surface area (Å²) in [7, 11) is 0. The van der Waals surface area contributed by atoms with E-state index >= 15 is 0 Å². The number of amides is 1. The molecule has 0 fully saturated rings. The van der Waals surface area contributed by atoms with Crippen molar-refractivity contribution in [2.24, 2.45) is 11.7 Å². The van der Waals surface area contributed by atoms with Crippen LogP contribution in [0.3, 0.4) is 0 Å². The van der Waals surface area contributed by atoms with E-state index < -0.39 is 0 Å². The average molecular weight is 232 g/mol. The molecule has 0 aliphatic heterocycles. The van der Waals surface area contributed by atoms with Crippen LogP contribution in [0.5, 0.6) is 0 Å². The number of fused-ring (bicyclic) bond motifs is 1. The molecule has 0 saturated heterocycles. The Morgan fingerprint density at radius 2 is 2.41 bits per heavy atom. The molecule has 1 unspecified atom stereocenters. The number of rotatable bonds is 4. The molecule has 0 radical (unpaired) electrons. The van der Waals surface area contributed by atoms with Gasteiger partial charge in [-0.2, -0.15) is 5.10 Å². The maximum Gasteiger partial charge on any atom is 0.255 e. The van der Waals surface area contributed by atoms with Crippen molar-refractivity contribution in [3.63, 3.8) is 0 Å². The van der Waals surface area contributed by atoms with Gasteiger partial charge in [-0.3, -0.25) is 4.79 Å². The maximum absolute atomic E-state index is 11.9. The zero-order valence-corrected chi connectivity index (χ0v) is 9.76. The average Bonchev–Trinajstić information content (AvgIpc) is 2.79. The third-order valence-corrected chi connectivity index (χ3v) is 2.68. The van der Waals surface area contributed by atoms with Crippen molar-refractivity contribution in [2.45, 2.75) is 6.92 Å². The summed E-state index contributed by atoms with van der Waals surface area (Å²) in [6, 6.07) is 5.63. The van der Waals surface area contributed by atoms with Crippen LogP contribution in [-0.2, 0) is 0 Å². The minimum Gasteiger partial charge on any atom is -0.352 e. The molecular weight excluding hydrogens is 216 g/mol. The van der Waals surface area contributed by atoms with Crippen molar-refractivity contribution in [1.82, 2.24) is 14.9 Å². The van der Waals surface area contributed by atoms with Gasteiger partial charge in [0.05, 0.1) is 17.3 Å². The van der Waals surface area contributed by atoms with Gasteiger partial charge in [0, 0.05) is 12.7 Å².